The highest BCUT2D eigenvalue weighted by Crippen LogP contribution is 2.31. The summed E-state index contributed by atoms with van der Waals surface area (Å²) in [6.45, 7) is 5.38. The van der Waals surface area contributed by atoms with Crippen LogP contribution in [0, 0.1) is 0 Å². The van der Waals surface area contributed by atoms with E-state index in [0.29, 0.717) is 0 Å². The van der Waals surface area contributed by atoms with Crippen LogP contribution in [0.15, 0.2) is 93.5 Å². The summed E-state index contributed by atoms with van der Waals surface area (Å²) in [5, 5.41) is 8.89. The minimum absolute atomic E-state index is 0.0351. The van der Waals surface area contributed by atoms with Gasteiger partial charge in [0, 0.05) is 5.97 Å². The topological polar surface area (TPSA) is 40.1 Å². The average Bonchev–Trinajstić information content (AvgIpc) is 2.70. The molecule has 0 N–H and O–H groups in total. The molecule has 2 nitrogen and oxygen atoms in total. The number of carboxylic acids is 1. The molecule has 0 amide bonds. The monoisotopic (exact) mass is 378 g/mol. The van der Waals surface area contributed by atoms with Crippen molar-refractivity contribution in [1.82, 2.24) is 0 Å². The van der Waals surface area contributed by atoms with Crippen molar-refractivity contribution in [2.75, 3.05) is 0 Å². The lowest BCUT2D eigenvalue weighted by atomic mass is 10.2. The summed E-state index contributed by atoms with van der Waals surface area (Å²) in [6, 6.07) is 29.1. The van der Waals surface area contributed by atoms with Gasteiger partial charge in [0.05, 0.1) is 10.9 Å². The molecule has 0 aliphatic rings. The third-order valence-electron chi connectivity index (χ3n) is 4.11. The van der Waals surface area contributed by atoms with Gasteiger partial charge in [0.15, 0.2) is 14.7 Å². The van der Waals surface area contributed by atoms with Crippen molar-refractivity contribution in [2.45, 2.75) is 48.3 Å². The van der Waals surface area contributed by atoms with Crippen LogP contribution >= 0.6 is 0 Å². The molecule has 3 aromatic carbocycles. The molecule has 0 aromatic heterocycles. The van der Waals surface area contributed by atoms with Gasteiger partial charge < -0.3 is 9.90 Å². The van der Waals surface area contributed by atoms with Crippen LogP contribution in [-0.4, -0.2) is 5.97 Å². The molecule has 0 saturated carbocycles. The summed E-state index contributed by atoms with van der Waals surface area (Å²) in [6.07, 6.45) is 2.18. The lowest BCUT2D eigenvalue weighted by molar-refractivity contribution is -0.302. The van der Waals surface area contributed by atoms with Gasteiger partial charge in [-0.3, -0.25) is 0 Å². The summed E-state index contributed by atoms with van der Waals surface area (Å²) < 4.78 is 0. The van der Waals surface area contributed by atoms with Gasteiger partial charge >= 0.3 is 0 Å². The molecule has 0 unspecified atom stereocenters. The number of aliphatic carboxylic acids is 1. The molecule has 0 radical (unpaired) electrons. The van der Waals surface area contributed by atoms with Gasteiger partial charge in [0.25, 0.3) is 0 Å². The van der Waals surface area contributed by atoms with Gasteiger partial charge in [0.2, 0.25) is 0 Å². The maximum atomic E-state index is 8.89. The Morgan fingerprint density at radius 1 is 0.704 bits per heavy atom. The molecule has 140 valence electrons. The molecule has 0 bridgehead atoms. The fourth-order valence-electron chi connectivity index (χ4n) is 2.69. The van der Waals surface area contributed by atoms with Gasteiger partial charge in [0.1, 0.15) is 0 Å². The molecule has 0 aliphatic heterocycles. The van der Waals surface area contributed by atoms with Crippen molar-refractivity contribution >= 4 is 16.9 Å². The van der Waals surface area contributed by atoms with E-state index in [1.54, 1.807) is 0 Å². The van der Waals surface area contributed by atoms with Crippen LogP contribution in [0.5, 0.6) is 0 Å². The number of hydrogen-bond donors (Lipinski definition) is 0. The molecular weight excluding hydrogens is 352 g/mol. The van der Waals surface area contributed by atoms with Crippen molar-refractivity contribution in [3.63, 3.8) is 0 Å². The van der Waals surface area contributed by atoms with E-state index in [4.69, 9.17) is 9.90 Å². The fourth-order valence-corrected chi connectivity index (χ4v) is 4.75. The van der Waals surface area contributed by atoms with Crippen molar-refractivity contribution in [3.05, 3.63) is 90.0 Å². The van der Waals surface area contributed by atoms with Gasteiger partial charge in [-0.15, -0.1) is 0 Å². The average molecular weight is 379 g/mol. The van der Waals surface area contributed by atoms with E-state index in [1.807, 2.05) is 0 Å². The first-order valence-electron chi connectivity index (χ1n) is 9.20. The third-order valence-corrected chi connectivity index (χ3v) is 6.34. The van der Waals surface area contributed by atoms with E-state index in [-0.39, 0.29) is 10.9 Å². The second-order valence-electron chi connectivity index (χ2n) is 6.11. The lowest BCUT2D eigenvalue weighted by Crippen LogP contribution is -2.16. The predicted octanol–water partition coefficient (Wildman–Crippen LogP) is 4.66. The van der Waals surface area contributed by atoms with Crippen LogP contribution in [0.3, 0.4) is 0 Å². The van der Waals surface area contributed by atoms with E-state index < -0.39 is 5.97 Å². The first-order chi connectivity index (χ1) is 13.0. The molecule has 3 heteroatoms. The van der Waals surface area contributed by atoms with Crippen LogP contribution in [0.2, 0.25) is 0 Å². The number of benzene rings is 3. The molecule has 0 spiro atoms. The molecule has 0 fully saturated rings. The zero-order chi connectivity index (χ0) is 19.6. The quantitative estimate of drug-likeness (QED) is 0.606. The van der Waals surface area contributed by atoms with Gasteiger partial charge in [-0.1, -0.05) is 56.3 Å². The summed E-state index contributed by atoms with van der Waals surface area (Å²) in [4.78, 5) is 13.0. The number of hydrogen-bond acceptors (Lipinski definition) is 2. The zero-order valence-corrected chi connectivity index (χ0v) is 17.0. The maximum absolute atomic E-state index is 8.89. The summed E-state index contributed by atoms with van der Waals surface area (Å²) >= 11 is 0. The first kappa shape index (κ1) is 20.8. The zero-order valence-electron chi connectivity index (χ0n) is 16.1. The van der Waals surface area contributed by atoms with Crippen molar-refractivity contribution in [3.8, 4) is 0 Å². The molecule has 27 heavy (non-hydrogen) atoms. The Morgan fingerprint density at radius 2 is 1.04 bits per heavy atom. The molecule has 0 atom stereocenters. The van der Waals surface area contributed by atoms with E-state index in [0.717, 1.165) is 19.8 Å². The second-order valence-corrected chi connectivity index (χ2v) is 8.13. The Labute approximate surface area is 165 Å². The first-order valence-corrected chi connectivity index (χ1v) is 10.4. The van der Waals surface area contributed by atoms with Crippen molar-refractivity contribution in [1.29, 1.82) is 0 Å². The Morgan fingerprint density at radius 3 is 1.37 bits per heavy atom. The van der Waals surface area contributed by atoms with Gasteiger partial charge in [-0.05, 0) is 67.3 Å². The smallest absolute Gasteiger partial charge is 0.166 e. The Hall–Kier alpha value is -2.52. The number of carbonyl (C=O) groups excluding carboxylic acids is 1. The standard InChI is InChI=1S/C22H23S.C2H4O2/c1-3-18-10-14-21(15-11-18)23(20-8-6-5-7-9-20)22-16-12-19(4-2)13-17-22;1-2(3)4/h5-17H,3-4H2,1-2H3;1H3,(H,3,4)/q+1;/p-1. The molecule has 3 aromatic rings. The van der Waals surface area contributed by atoms with Crippen LogP contribution in [0.25, 0.3) is 0 Å². The predicted molar refractivity (Wildman–Crippen MR) is 111 cm³/mol. The van der Waals surface area contributed by atoms with Crippen LogP contribution in [0.4, 0.5) is 0 Å². The number of aryl methyl sites for hydroxylation is 2. The van der Waals surface area contributed by atoms with E-state index >= 15 is 0 Å². The molecule has 0 saturated heterocycles. The highest BCUT2D eigenvalue weighted by Gasteiger charge is 2.28. The molecule has 0 aliphatic carbocycles. The summed E-state index contributed by atoms with van der Waals surface area (Å²) in [5.41, 5.74) is 2.79. The fraction of sp³-hybridized carbons (Fsp3) is 0.208. The highest BCUT2D eigenvalue weighted by atomic mass is 32.2. The molecule has 3 rings (SSSR count). The van der Waals surface area contributed by atoms with Crippen molar-refractivity contribution < 1.29 is 9.90 Å². The Balaban J connectivity index is 0.000000596. The van der Waals surface area contributed by atoms with E-state index in [1.165, 1.54) is 25.8 Å². The second kappa shape index (κ2) is 10.6. The minimum Gasteiger partial charge on any atom is -0.550 e. The van der Waals surface area contributed by atoms with Crippen LogP contribution < -0.4 is 5.11 Å². The highest BCUT2D eigenvalue weighted by molar-refractivity contribution is 7.97. The molecule has 0 heterocycles. The Bertz CT molecular complexity index is 773. The van der Waals surface area contributed by atoms with E-state index in [9.17, 15) is 0 Å². The van der Waals surface area contributed by atoms with Gasteiger partial charge in [-0.2, -0.15) is 0 Å². The summed E-state index contributed by atoms with van der Waals surface area (Å²) in [5.74, 6) is -1.08. The number of carboxylic acid groups (broad SMARTS) is 1. The largest absolute Gasteiger partial charge is 0.550 e. The maximum Gasteiger partial charge on any atom is 0.166 e. The minimum atomic E-state index is -1.08. The van der Waals surface area contributed by atoms with Crippen LogP contribution in [-0.2, 0) is 28.5 Å². The Kier molecular flexibility index (Phi) is 8.15. The number of rotatable bonds is 5. The van der Waals surface area contributed by atoms with Crippen LogP contribution in [0.1, 0.15) is 31.9 Å². The van der Waals surface area contributed by atoms with E-state index in [2.05, 4.69) is 92.7 Å². The van der Waals surface area contributed by atoms with Crippen molar-refractivity contribution in [2.24, 2.45) is 0 Å². The van der Waals surface area contributed by atoms with Gasteiger partial charge in [-0.25, -0.2) is 0 Å². The molecular formula is C24H26O2S. The third kappa shape index (κ3) is 6.30. The number of carbonyl (C=O) groups is 1. The normalized spacial score (nSPS) is 10.2. The summed E-state index contributed by atoms with van der Waals surface area (Å²) in [7, 11) is -0.0351. The lowest BCUT2D eigenvalue weighted by Gasteiger charge is -2.09. The SMILES string of the molecule is CC(=O)[O-].CCc1ccc([S+](c2ccccc2)c2ccc(CC)cc2)cc1.